The first kappa shape index (κ1) is 19.8. The van der Waals surface area contributed by atoms with Crippen molar-refractivity contribution in [3.05, 3.63) is 69.0 Å². The van der Waals surface area contributed by atoms with E-state index in [1.54, 1.807) is 13.0 Å². The Balaban J connectivity index is 2.25. The van der Waals surface area contributed by atoms with Crippen LogP contribution >= 0.6 is 11.6 Å². The lowest BCUT2D eigenvalue weighted by Gasteiger charge is -2.24. The molecule has 2 atom stereocenters. The zero-order valence-electron chi connectivity index (χ0n) is 15.5. The Morgan fingerprint density at radius 2 is 2.00 bits per heavy atom. The van der Waals surface area contributed by atoms with E-state index < -0.39 is 16.8 Å². The molecule has 2 unspecified atom stereocenters. The molecule has 0 saturated carbocycles. The molecular formula is C20H20ClN3O4. The van der Waals surface area contributed by atoms with Crippen LogP contribution in [-0.4, -0.2) is 25.6 Å². The topological polar surface area (TPSA) is 98.3 Å². The summed E-state index contributed by atoms with van der Waals surface area (Å²) in [5.41, 5.74) is 1.87. The number of nitro benzene ring substituents is 1. The van der Waals surface area contributed by atoms with Crippen molar-refractivity contribution in [2.45, 2.75) is 32.7 Å². The highest BCUT2D eigenvalue weighted by Gasteiger charge is 2.26. The fraction of sp³-hybridized carbons (Fsp3) is 0.300. The van der Waals surface area contributed by atoms with Gasteiger partial charge in [-0.15, -0.1) is 0 Å². The number of nitro groups is 1. The minimum absolute atomic E-state index is 0.0272. The van der Waals surface area contributed by atoms with Gasteiger partial charge < -0.3 is 9.67 Å². The van der Waals surface area contributed by atoms with Crippen LogP contribution in [0.25, 0.3) is 11.0 Å². The van der Waals surface area contributed by atoms with Gasteiger partial charge in [0.25, 0.3) is 5.69 Å². The van der Waals surface area contributed by atoms with Crippen molar-refractivity contribution in [2.75, 3.05) is 0 Å². The molecule has 0 spiro atoms. The zero-order chi connectivity index (χ0) is 20.4. The Bertz CT molecular complexity index is 1030. The Morgan fingerprint density at radius 3 is 2.57 bits per heavy atom. The molecule has 2 aromatic carbocycles. The Hall–Kier alpha value is -2.93. The number of aromatic nitrogens is 2. The molecule has 0 aliphatic rings. The molecule has 0 aliphatic heterocycles. The van der Waals surface area contributed by atoms with Crippen molar-refractivity contribution < 1.29 is 14.8 Å². The predicted molar refractivity (Wildman–Crippen MR) is 107 cm³/mol. The van der Waals surface area contributed by atoms with Gasteiger partial charge in [-0.3, -0.25) is 14.9 Å². The molecule has 3 aromatic rings. The van der Waals surface area contributed by atoms with Gasteiger partial charge in [0.15, 0.2) is 0 Å². The molecule has 0 bridgehead atoms. The third kappa shape index (κ3) is 3.71. The number of aliphatic carboxylic acids is 1. The third-order valence-corrected chi connectivity index (χ3v) is 5.14. The van der Waals surface area contributed by atoms with Gasteiger partial charge in [0.2, 0.25) is 0 Å². The highest BCUT2D eigenvalue weighted by atomic mass is 35.5. The monoisotopic (exact) mass is 401 g/mol. The molecule has 1 heterocycles. The molecule has 0 radical (unpaired) electrons. The highest BCUT2D eigenvalue weighted by molar-refractivity contribution is 6.33. The van der Waals surface area contributed by atoms with E-state index in [2.05, 4.69) is 4.98 Å². The number of fused-ring (bicyclic) bond motifs is 1. The number of benzene rings is 2. The fourth-order valence-electron chi connectivity index (χ4n) is 3.39. The fourth-order valence-corrected chi connectivity index (χ4v) is 3.62. The van der Waals surface area contributed by atoms with Crippen molar-refractivity contribution in [2.24, 2.45) is 5.92 Å². The van der Waals surface area contributed by atoms with Gasteiger partial charge in [0, 0.05) is 12.5 Å². The molecule has 7 nitrogen and oxygen atoms in total. The van der Waals surface area contributed by atoms with E-state index in [0.29, 0.717) is 23.9 Å². The molecule has 146 valence electrons. The maximum absolute atomic E-state index is 11.5. The number of rotatable bonds is 7. The highest BCUT2D eigenvalue weighted by Crippen LogP contribution is 2.35. The molecule has 0 fully saturated rings. The Labute approximate surface area is 166 Å². The second-order valence-electron chi connectivity index (χ2n) is 6.70. The second-order valence-corrected chi connectivity index (χ2v) is 7.11. The van der Waals surface area contributed by atoms with Gasteiger partial charge in [-0.25, -0.2) is 4.98 Å². The lowest BCUT2D eigenvalue weighted by atomic mass is 9.95. The smallest absolute Gasteiger partial charge is 0.306 e. The van der Waals surface area contributed by atoms with E-state index in [1.165, 1.54) is 6.07 Å². The molecule has 0 amide bonds. The number of carboxylic acids is 1. The van der Waals surface area contributed by atoms with E-state index in [4.69, 9.17) is 11.6 Å². The Morgan fingerprint density at radius 1 is 1.32 bits per heavy atom. The van der Waals surface area contributed by atoms with Crippen molar-refractivity contribution in [3.8, 4) is 0 Å². The van der Waals surface area contributed by atoms with Crippen LogP contribution in [0.15, 0.2) is 42.5 Å². The van der Waals surface area contributed by atoms with Gasteiger partial charge >= 0.3 is 5.97 Å². The van der Waals surface area contributed by atoms with Gasteiger partial charge in [-0.05, 0) is 18.1 Å². The molecule has 3 rings (SSSR count). The average molecular weight is 402 g/mol. The summed E-state index contributed by atoms with van der Waals surface area (Å²) in [7, 11) is 0. The number of carboxylic acid groups (broad SMARTS) is 1. The largest absolute Gasteiger partial charge is 0.481 e. The van der Waals surface area contributed by atoms with Crippen molar-refractivity contribution >= 4 is 34.3 Å². The SMILES string of the molecule is CCc1nc2cc([N+](=O)[O-])c(Cl)cc2n1C(CC(C)C(=O)O)c1ccccc1. The predicted octanol–water partition coefficient (Wildman–Crippen LogP) is 4.86. The van der Waals surface area contributed by atoms with Crippen LogP contribution in [0, 0.1) is 16.0 Å². The molecule has 28 heavy (non-hydrogen) atoms. The summed E-state index contributed by atoms with van der Waals surface area (Å²) in [4.78, 5) is 26.8. The van der Waals surface area contributed by atoms with Crippen LogP contribution in [0.1, 0.15) is 37.7 Å². The third-order valence-electron chi connectivity index (χ3n) is 4.84. The number of hydrogen-bond acceptors (Lipinski definition) is 4. The molecular weight excluding hydrogens is 382 g/mol. The summed E-state index contributed by atoms with van der Waals surface area (Å²) in [6, 6.07) is 12.2. The molecule has 8 heteroatoms. The first-order valence-electron chi connectivity index (χ1n) is 8.96. The minimum Gasteiger partial charge on any atom is -0.481 e. The van der Waals surface area contributed by atoms with E-state index in [0.717, 1.165) is 11.4 Å². The molecule has 0 saturated heterocycles. The van der Waals surface area contributed by atoms with Gasteiger partial charge in [-0.2, -0.15) is 0 Å². The standard InChI is InChI=1S/C20H20ClN3O4/c1-3-19-22-15-11-17(24(27)28)14(21)10-18(15)23(19)16(9-12(2)20(25)26)13-7-5-4-6-8-13/h4-8,10-12,16H,3,9H2,1-2H3,(H,25,26). The van der Waals surface area contributed by atoms with E-state index >= 15 is 0 Å². The summed E-state index contributed by atoms with van der Waals surface area (Å²) in [6.07, 6.45) is 0.942. The van der Waals surface area contributed by atoms with Gasteiger partial charge in [0.05, 0.1) is 27.9 Å². The molecule has 1 aromatic heterocycles. The van der Waals surface area contributed by atoms with Crippen molar-refractivity contribution in [1.82, 2.24) is 9.55 Å². The number of carbonyl (C=O) groups is 1. The van der Waals surface area contributed by atoms with Crippen LogP contribution < -0.4 is 0 Å². The maximum Gasteiger partial charge on any atom is 0.306 e. The van der Waals surface area contributed by atoms with Crippen LogP contribution in [0.2, 0.25) is 5.02 Å². The molecule has 0 aliphatic carbocycles. The average Bonchev–Trinajstić information content (AvgIpc) is 3.02. The summed E-state index contributed by atoms with van der Waals surface area (Å²) >= 11 is 6.15. The van der Waals surface area contributed by atoms with Gasteiger partial charge in [-0.1, -0.05) is 55.8 Å². The van der Waals surface area contributed by atoms with Crippen LogP contribution in [0.3, 0.4) is 0 Å². The van der Waals surface area contributed by atoms with Crippen molar-refractivity contribution in [1.29, 1.82) is 0 Å². The summed E-state index contributed by atoms with van der Waals surface area (Å²) in [5.74, 6) is -0.740. The first-order chi connectivity index (χ1) is 13.3. The number of halogens is 1. The van der Waals surface area contributed by atoms with E-state index in [9.17, 15) is 20.0 Å². The van der Waals surface area contributed by atoms with E-state index in [1.807, 2.05) is 41.8 Å². The van der Waals surface area contributed by atoms with Gasteiger partial charge in [0.1, 0.15) is 10.8 Å². The summed E-state index contributed by atoms with van der Waals surface area (Å²) < 4.78 is 1.96. The maximum atomic E-state index is 11.5. The molecule has 1 N–H and O–H groups in total. The lowest BCUT2D eigenvalue weighted by Crippen LogP contribution is -2.20. The zero-order valence-corrected chi connectivity index (χ0v) is 16.3. The van der Waals surface area contributed by atoms with E-state index in [-0.39, 0.29) is 16.8 Å². The summed E-state index contributed by atoms with van der Waals surface area (Å²) in [5, 5.41) is 20.7. The number of nitrogens with zero attached hydrogens (tertiary/aromatic N) is 3. The minimum atomic E-state index is -0.878. The number of imidazole rings is 1. The first-order valence-corrected chi connectivity index (χ1v) is 9.33. The second kappa shape index (κ2) is 7.98. The van der Waals surface area contributed by atoms with Crippen molar-refractivity contribution in [3.63, 3.8) is 0 Å². The summed E-state index contributed by atoms with van der Waals surface area (Å²) in [6.45, 7) is 3.61. The van der Waals surface area contributed by atoms with Crippen LogP contribution in [-0.2, 0) is 11.2 Å². The number of aryl methyl sites for hydroxylation is 1. The van der Waals surface area contributed by atoms with Crippen LogP contribution in [0.5, 0.6) is 0 Å². The Kier molecular flexibility index (Phi) is 5.65. The number of hydrogen-bond donors (Lipinski definition) is 1. The van der Waals surface area contributed by atoms with Crippen LogP contribution in [0.4, 0.5) is 5.69 Å². The lowest BCUT2D eigenvalue weighted by molar-refractivity contribution is -0.384. The normalized spacial score (nSPS) is 13.4. The quantitative estimate of drug-likeness (QED) is 0.450.